The summed E-state index contributed by atoms with van der Waals surface area (Å²) < 4.78 is 0. The SMILES string of the molecule is Cc1cc(-c2cccnc2)nc(C2CCNC2)n1. The number of aromatic nitrogens is 3. The summed E-state index contributed by atoms with van der Waals surface area (Å²) >= 11 is 0. The molecule has 1 atom stereocenters. The molecule has 4 heteroatoms. The lowest BCUT2D eigenvalue weighted by molar-refractivity contribution is 0.698. The minimum absolute atomic E-state index is 0.445. The van der Waals surface area contributed by atoms with E-state index in [1.165, 1.54) is 0 Å². The predicted octanol–water partition coefficient (Wildman–Crippen LogP) is 1.92. The first-order valence-electron chi connectivity index (χ1n) is 6.29. The molecule has 1 aliphatic rings. The van der Waals surface area contributed by atoms with Gasteiger partial charge >= 0.3 is 0 Å². The standard InChI is InChI=1S/C14H16N4/c1-10-7-13(11-3-2-5-15-8-11)18-14(17-10)12-4-6-16-9-12/h2-3,5,7-8,12,16H,4,6,9H2,1H3. The van der Waals surface area contributed by atoms with Crippen molar-refractivity contribution in [2.75, 3.05) is 13.1 Å². The first-order chi connectivity index (χ1) is 8.83. The van der Waals surface area contributed by atoms with Gasteiger partial charge in [-0.05, 0) is 38.1 Å². The van der Waals surface area contributed by atoms with E-state index in [1.54, 1.807) is 6.20 Å². The highest BCUT2D eigenvalue weighted by Gasteiger charge is 2.20. The Balaban J connectivity index is 2.00. The molecule has 2 aromatic heterocycles. The number of hydrogen-bond acceptors (Lipinski definition) is 4. The molecular formula is C14H16N4. The summed E-state index contributed by atoms with van der Waals surface area (Å²) in [6.45, 7) is 4.06. The van der Waals surface area contributed by atoms with Crippen molar-refractivity contribution < 1.29 is 0 Å². The second-order valence-corrected chi connectivity index (χ2v) is 4.68. The minimum atomic E-state index is 0.445. The average molecular weight is 240 g/mol. The highest BCUT2D eigenvalue weighted by Crippen LogP contribution is 2.23. The molecule has 4 nitrogen and oxygen atoms in total. The van der Waals surface area contributed by atoms with Crippen LogP contribution in [0.15, 0.2) is 30.6 Å². The number of pyridine rings is 1. The molecule has 1 aliphatic heterocycles. The van der Waals surface area contributed by atoms with Gasteiger partial charge < -0.3 is 5.32 Å². The highest BCUT2D eigenvalue weighted by molar-refractivity contribution is 5.57. The Kier molecular flexibility index (Phi) is 3.02. The lowest BCUT2D eigenvalue weighted by Crippen LogP contribution is -2.11. The van der Waals surface area contributed by atoms with Crippen molar-refractivity contribution in [3.63, 3.8) is 0 Å². The summed E-state index contributed by atoms with van der Waals surface area (Å²) in [5, 5.41) is 3.36. The first kappa shape index (κ1) is 11.3. The zero-order chi connectivity index (χ0) is 12.4. The molecule has 1 N–H and O–H groups in total. The zero-order valence-electron chi connectivity index (χ0n) is 10.4. The van der Waals surface area contributed by atoms with Crippen molar-refractivity contribution in [2.24, 2.45) is 0 Å². The lowest BCUT2D eigenvalue weighted by Gasteiger charge is -2.10. The molecule has 0 radical (unpaired) electrons. The number of aryl methyl sites for hydroxylation is 1. The molecule has 0 aromatic carbocycles. The fourth-order valence-electron chi connectivity index (χ4n) is 2.31. The van der Waals surface area contributed by atoms with E-state index < -0.39 is 0 Å². The maximum atomic E-state index is 4.69. The second-order valence-electron chi connectivity index (χ2n) is 4.68. The third kappa shape index (κ3) is 2.24. The van der Waals surface area contributed by atoms with Gasteiger partial charge in [-0.25, -0.2) is 9.97 Å². The molecule has 1 unspecified atom stereocenters. The molecular weight excluding hydrogens is 224 g/mol. The van der Waals surface area contributed by atoms with Crippen LogP contribution >= 0.6 is 0 Å². The van der Waals surface area contributed by atoms with E-state index >= 15 is 0 Å². The quantitative estimate of drug-likeness (QED) is 0.871. The fraction of sp³-hybridized carbons (Fsp3) is 0.357. The van der Waals surface area contributed by atoms with Crippen LogP contribution in [0.3, 0.4) is 0 Å². The minimum Gasteiger partial charge on any atom is -0.316 e. The summed E-state index contributed by atoms with van der Waals surface area (Å²) in [6, 6.07) is 5.98. The number of nitrogens with one attached hydrogen (secondary N) is 1. The van der Waals surface area contributed by atoms with E-state index in [1.807, 2.05) is 31.3 Å². The van der Waals surface area contributed by atoms with Crippen LogP contribution < -0.4 is 5.32 Å². The predicted molar refractivity (Wildman–Crippen MR) is 70.2 cm³/mol. The van der Waals surface area contributed by atoms with Crippen LogP contribution in [0, 0.1) is 6.92 Å². The van der Waals surface area contributed by atoms with Gasteiger partial charge in [-0.1, -0.05) is 0 Å². The smallest absolute Gasteiger partial charge is 0.133 e. The summed E-state index contributed by atoms with van der Waals surface area (Å²) in [5.41, 5.74) is 3.04. The molecule has 0 saturated carbocycles. The van der Waals surface area contributed by atoms with Gasteiger partial charge in [0.05, 0.1) is 5.69 Å². The average Bonchev–Trinajstić information content (AvgIpc) is 2.93. The molecule has 3 rings (SSSR count). The maximum Gasteiger partial charge on any atom is 0.133 e. The van der Waals surface area contributed by atoms with E-state index in [9.17, 15) is 0 Å². The molecule has 2 aromatic rings. The van der Waals surface area contributed by atoms with E-state index in [4.69, 9.17) is 4.98 Å². The number of hydrogen-bond donors (Lipinski definition) is 1. The van der Waals surface area contributed by atoms with Gasteiger partial charge in [-0.3, -0.25) is 4.98 Å². The molecule has 1 fully saturated rings. The van der Waals surface area contributed by atoms with Crippen LogP contribution in [0.5, 0.6) is 0 Å². The summed E-state index contributed by atoms with van der Waals surface area (Å²) in [7, 11) is 0. The van der Waals surface area contributed by atoms with Gasteiger partial charge in [0.1, 0.15) is 5.82 Å². The molecule has 0 bridgehead atoms. The topological polar surface area (TPSA) is 50.7 Å². The van der Waals surface area contributed by atoms with E-state index in [-0.39, 0.29) is 0 Å². The van der Waals surface area contributed by atoms with Crippen LogP contribution in [-0.4, -0.2) is 28.0 Å². The summed E-state index contributed by atoms with van der Waals surface area (Å²) in [4.78, 5) is 13.4. The summed E-state index contributed by atoms with van der Waals surface area (Å²) in [5.74, 6) is 1.40. The normalized spacial score (nSPS) is 19.1. The van der Waals surface area contributed by atoms with Crippen molar-refractivity contribution >= 4 is 0 Å². The third-order valence-electron chi connectivity index (χ3n) is 3.25. The molecule has 0 amide bonds. The Morgan fingerprint density at radius 2 is 2.28 bits per heavy atom. The fourth-order valence-corrected chi connectivity index (χ4v) is 2.31. The van der Waals surface area contributed by atoms with Crippen LogP contribution in [0.4, 0.5) is 0 Å². The zero-order valence-corrected chi connectivity index (χ0v) is 10.4. The van der Waals surface area contributed by atoms with Crippen LogP contribution in [0.1, 0.15) is 23.9 Å². The monoisotopic (exact) mass is 240 g/mol. The molecule has 92 valence electrons. The lowest BCUT2D eigenvalue weighted by atomic mass is 10.1. The Bertz CT molecular complexity index is 533. The Morgan fingerprint density at radius 1 is 1.33 bits per heavy atom. The largest absolute Gasteiger partial charge is 0.316 e. The molecule has 1 saturated heterocycles. The van der Waals surface area contributed by atoms with Crippen LogP contribution in [0.25, 0.3) is 11.3 Å². The van der Waals surface area contributed by atoms with E-state index in [2.05, 4.69) is 15.3 Å². The molecule has 0 aliphatic carbocycles. The first-order valence-corrected chi connectivity index (χ1v) is 6.29. The van der Waals surface area contributed by atoms with Gasteiger partial charge in [0.2, 0.25) is 0 Å². The molecule has 0 spiro atoms. The maximum absolute atomic E-state index is 4.69. The van der Waals surface area contributed by atoms with Gasteiger partial charge in [-0.15, -0.1) is 0 Å². The van der Waals surface area contributed by atoms with Gasteiger partial charge in [-0.2, -0.15) is 0 Å². The Hall–Kier alpha value is -1.81. The van der Waals surface area contributed by atoms with Crippen molar-refractivity contribution in [3.05, 3.63) is 42.1 Å². The van der Waals surface area contributed by atoms with Gasteiger partial charge in [0.15, 0.2) is 0 Å². The summed E-state index contributed by atoms with van der Waals surface area (Å²) in [6.07, 6.45) is 4.74. The number of rotatable bonds is 2. The Labute approximate surface area is 107 Å². The molecule has 3 heterocycles. The Morgan fingerprint density at radius 3 is 3.00 bits per heavy atom. The van der Waals surface area contributed by atoms with E-state index in [0.29, 0.717) is 5.92 Å². The van der Waals surface area contributed by atoms with Crippen molar-refractivity contribution in [3.8, 4) is 11.3 Å². The molecule has 18 heavy (non-hydrogen) atoms. The highest BCUT2D eigenvalue weighted by atomic mass is 15.0. The number of nitrogens with zero attached hydrogens (tertiary/aromatic N) is 3. The van der Waals surface area contributed by atoms with Gasteiger partial charge in [0.25, 0.3) is 0 Å². The van der Waals surface area contributed by atoms with Crippen LogP contribution in [0.2, 0.25) is 0 Å². The van der Waals surface area contributed by atoms with E-state index in [0.717, 1.165) is 42.3 Å². The van der Waals surface area contributed by atoms with Gasteiger partial charge in [0, 0.05) is 36.1 Å². The van der Waals surface area contributed by atoms with Crippen molar-refractivity contribution in [1.29, 1.82) is 0 Å². The second kappa shape index (κ2) is 4.82. The third-order valence-corrected chi connectivity index (χ3v) is 3.25. The van der Waals surface area contributed by atoms with Crippen molar-refractivity contribution in [2.45, 2.75) is 19.3 Å². The van der Waals surface area contributed by atoms with Crippen molar-refractivity contribution in [1.82, 2.24) is 20.3 Å². The van der Waals surface area contributed by atoms with Crippen LogP contribution in [-0.2, 0) is 0 Å².